The molecule has 1 amide bonds. The van der Waals surface area contributed by atoms with Crippen LogP contribution >= 0.6 is 11.3 Å². The van der Waals surface area contributed by atoms with Gasteiger partial charge in [-0.1, -0.05) is 19.9 Å². The number of aromatic carboxylic acids is 1. The van der Waals surface area contributed by atoms with Crippen molar-refractivity contribution in [2.75, 3.05) is 19.5 Å². The number of anilines is 1. The van der Waals surface area contributed by atoms with Crippen molar-refractivity contribution in [2.45, 2.75) is 39.7 Å². The molecular weight excluding hydrogens is 390 g/mol. The molecule has 0 spiro atoms. The highest BCUT2D eigenvalue weighted by Crippen LogP contribution is 2.44. The molecule has 0 bridgehead atoms. The van der Waals surface area contributed by atoms with E-state index in [1.807, 2.05) is 0 Å². The Morgan fingerprint density at radius 2 is 2.10 bits per heavy atom. The summed E-state index contributed by atoms with van der Waals surface area (Å²) in [4.78, 5) is 26.1. The van der Waals surface area contributed by atoms with E-state index in [2.05, 4.69) is 19.2 Å². The number of benzene rings is 1. The van der Waals surface area contributed by atoms with E-state index in [-0.39, 0.29) is 16.9 Å². The number of amides is 1. The predicted octanol–water partition coefficient (Wildman–Crippen LogP) is 3.53. The van der Waals surface area contributed by atoms with E-state index < -0.39 is 5.97 Å². The normalized spacial score (nSPS) is 15.1. The first-order valence-corrected chi connectivity index (χ1v) is 10.2. The van der Waals surface area contributed by atoms with Crippen LogP contribution in [0.5, 0.6) is 5.75 Å². The number of hydrazine groups is 1. The fourth-order valence-electron chi connectivity index (χ4n) is 3.71. The second-order valence-corrected chi connectivity index (χ2v) is 9.35. The van der Waals surface area contributed by atoms with Gasteiger partial charge < -0.3 is 15.2 Å². The van der Waals surface area contributed by atoms with Crippen LogP contribution in [0.4, 0.5) is 5.00 Å². The Balaban J connectivity index is 1.98. The molecule has 4 N–H and O–H groups in total. The molecule has 1 aliphatic carbocycles. The molecule has 0 radical (unpaired) electrons. The molecule has 3 rings (SSSR count). The second kappa shape index (κ2) is 8.14. The second-order valence-electron chi connectivity index (χ2n) is 8.25. The van der Waals surface area contributed by atoms with Gasteiger partial charge in [0.05, 0.1) is 12.7 Å². The summed E-state index contributed by atoms with van der Waals surface area (Å²) in [5.74, 6) is 4.93. The zero-order valence-electron chi connectivity index (χ0n) is 17.2. The largest absolute Gasteiger partial charge is 0.497 e. The molecule has 1 aromatic heterocycles. The molecule has 0 saturated heterocycles. The van der Waals surface area contributed by atoms with Gasteiger partial charge in [-0.3, -0.25) is 10.6 Å². The quantitative estimate of drug-likeness (QED) is 0.491. The van der Waals surface area contributed by atoms with Crippen LogP contribution in [0.1, 0.15) is 57.0 Å². The van der Waals surface area contributed by atoms with Crippen LogP contribution in [0.3, 0.4) is 0 Å². The molecular formula is C21H27N3O4S. The Morgan fingerprint density at radius 1 is 1.38 bits per heavy atom. The van der Waals surface area contributed by atoms with Crippen LogP contribution in [-0.2, 0) is 19.4 Å². The summed E-state index contributed by atoms with van der Waals surface area (Å²) in [6.45, 7) is 4.65. The van der Waals surface area contributed by atoms with Gasteiger partial charge in [-0.05, 0) is 47.9 Å². The number of methoxy groups -OCH3 is 1. The lowest BCUT2D eigenvalue weighted by Crippen LogP contribution is -2.27. The molecule has 1 aromatic carbocycles. The molecule has 8 heteroatoms. The summed E-state index contributed by atoms with van der Waals surface area (Å²) in [5.41, 5.74) is 2.25. The van der Waals surface area contributed by atoms with Crippen molar-refractivity contribution >= 4 is 28.2 Å². The summed E-state index contributed by atoms with van der Waals surface area (Å²) in [6.07, 6.45) is 2.51. The van der Waals surface area contributed by atoms with Gasteiger partial charge >= 0.3 is 5.97 Å². The van der Waals surface area contributed by atoms with Gasteiger partial charge in [0.25, 0.3) is 5.91 Å². The van der Waals surface area contributed by atoms with Gasteiger partial charge in [-0.2, -0.15) is 0 Å². The average Bonchev–Trinajstić information content (AvgIpc) is 2.97. The Bertz CT molecular complexity index is 950. The third kappa shape index (κ3) is 4.60. The third-order valence-electron chi connectivity index (χ3n) is 5.20. The molecule has 0 unspecified atom stereocenters. The maximum absolute atomic E-state index is 13.1. The van der Waals surface area contributed by atoms with Gasteiger partial charge in [-0.15, -0.1) is 11.3 Å². The van der Waals surface area contributed by atoms with Gasteiger partial charge in [0.2, 0.25) is 0 Å². The number of rotatable bonds is 6. The van der Waals surface area contributed by atoms with E-state index in [4.69, 9.17) is 10.6 Å². The van der Waals surface area contributed by atoms with E-state index >= 15 is 0 Å². The maximum atomic E-state index is 13.1. The lowest BCUT2D eigenvalue weighted by atomic mass is 9.76. The van der Waals surface area contributed by atoms with Crippen molar-refractivity contribution in [3.63, 3.8) is 0 Å². The number of nitrogens with two attached hydrogens (primary N) is 1. The van der Waals surface area contributed by atoms with Crippen LogP contribution in [0.15, 0.2) is 18.2 Å². The molecule has 1 heterocycles. The van der Waals surface area contributed by atoms with Crippen LogP contribution < -0.4 is 15.9 Å². The van der Waals surface area contributed by atoms with Crippen LogP contribution in [0.25, 0.3) is 0 Å². The highest BCUT2D eigenvalue weighted by atomic mass is 32.1. The number of hydrogen-bond donors (Lipinski definition) is 3. The molecule has 0 aliphatic heterocycles. The number of carbonyl (C=O) groups excluding carboxylic acids is 1. The first-order chi connectivity index (χ1) is 13.6. The average molecular weight is 418 g/mol. The number of nitrogens with zero attached hydrogens (tertiary/aromatic N) is 1. The number of hydrogen-bond acceptors (Lipinski definition) is 6. The zero-order chi connectivity index (χ0) is 21.3. The summed E-state index contributed by atoms with van der Waals surface area (Å²) >= 11 is 1.36. The molecule has 1 aliphatic rings. The molecule has 0 saturated carbocycles. The molecule has 0 fully saturated rings. The van der Waals surface area contributed by atoms with Crippen LogP contribution in [0.2, 0.25) is 0 Å². The SMILES string of the molecule is COc1ccc(CN(C)N)c(C(=O)Nc2sc3c(c2C(=O)O)CC(C)(C)CC3)c1. The smallest absolute Gasteiger partial charge is 0.339 e. The van der Waals surface area contributed by atoms with Gasteiger partial charge in [0, 0.05) is 24.0 Å². The van der Waals surface area contributed by atoms with E-state index in [0.717, 1.165) is 28.8 Å². The first kappa shape index (κ1) is 21.3. The lowest BCUT2D eigenvalue weighted by molar-refractivity contribution is 0.0696. The topological polar surface area (TPSA) is 105 Å². The van der Waals surface area contributed by atoms with Crippen LogP contribution in [0, 0.1) is 5.41 Å². The Kier molecular flexibility index (Phi) is 5.97. The number of ether oxygens (including phenoxy) is 1. The summed E-state index contributed by atoms with van der Waals surface area (Å²) in [6, 6.07) is 5.20. The lowest BCUT2D eigenvalue weighted by Gasteiger charge is -2.29. The number of carboxylic acids is 1. The Labute approximate surface area is 174 Å². The number of carboxylic acid groups (broad SMARTS) is 1. The minimum absolute atomic E-state index is 0.0469. The zero-order valence-corrected chi connectivity index (χ0v) is 18.0. The minimum atomic E-state index is -1.01. The molecule has 7 nitrogen and oxygen atoms in total. The summed E-state index contributed by atoms with van der Waals surface area (Å²) < 4.78 is 5.25. The van der Waals surface area contributed by atoms with Crippen molar-refractivity contribution in [1.29, 1.82) is 0 Å². The number of thiophene rings is 1. The van der Waals surface area contributed by atoms with Gasteiger partial charge in [0.15, 0.2) is 0 Å². The van der Waals surface area contributed by atoms with E-state index in [9.17, 15) is 14.7 Å². The van der Waals surface area contributed by atoms with Gasteiger partial charge in [0.1, 0.15) is 10.8 Å². The van der Waals surface area contributed by atoms with Crippen molar-refractivity contribution in [2.24, 2.45) is 11.3 Å². The molecule has 156 valence electrons. The van der Waals surface area contributed by atoms with E-state index in [1.165, 1.54) is 23.5 Å². The molecule has 2 aromatic rings. The standard InChI is InChI=1S/C21H27N3O4S/c1-21(2)8-7-16-15(10-21)17(20(26)27)19(29-16)23-18(25)14-9-13(28-4)6-5-12(14)11-24(3)22/h5-6,9H,7-8,10-11,22H2,1-4H3,(H,23,25)(H,26,27). The number of aryl methyl sites for hydroxylation is 1. The minimum Gasteiger partial charge on any atom is -0.497 e. The third-order valence-corrected chi connectivity index (χ3v) is 6.40. The van der Waals surface area contributed by atoms with Crippen molar-refractivity contribution < 1.29 is 19.4 Å². The van der Waals surface area contributed by atoms with Crippen molar-refractivity contribution in [3.05, 3.63) is 45.3 Å². The number of nitrogens with one attached hydrogen (secondary N) is 1. The fourth-order valence-corrected chi connectivity index (χ4v) is 4.91. The van der Waals surface area contributed by atoms with Crippen molar-refractivity contribution in [1.82, 2.24) is 5.01 Å². The Morgan fingerprint density at radius 3 is 2.72 bits per heavy atom. The van der Waals surface area contributed by atoms with Crippen molar-refractivity contribution in [3.8, 4) is 5.75 Å². The van der Waals surface area contributed by atoms with Crippen LogP contribution in [-0.4, -0.2) is 36.1 Å². The highest BCUT2D eigenvalue weighted by Gasteiger charge is 2.33. The monoisotopic (exact) mass is 417 g/mol. The number of fused-ring (bicyclic) bond motifs is 1. The Hall–Kier alpha value is -2.42. The predicted molar refractivity (Wildman–Crippen MR) is 114 cm³/mol. The maximum Gasteiger partial charge on any atom is 0.339 e. The van der Waals surface area contributed by atoms with Gasteiger partial charge in [-0.25, -0.2) is 9.80 Å². The van der Waals surface area contributed by atoms with E-state index in [0.29, 0.717) is 29.3 Å². The summed E-state index contributed by atoms with van der Waals surface area (Å²) in [5, 5.41) is 14.5. The number of carbonyl (C=O) groups is 2. The fraction of sp³-hybridized carbons (Fsp3) is 0.429. The van der Waals surface area contributed by atoms with E-state index in [1.54, 1.807) is 25.2 Å². The highest BCUT2D eigenvalue weighted by molar-refractivity contribution is 7.17. The first-order valence-electron chi connectivity index (χ1n) is 9.43. The summed E-state index contributed by atoms with van der Waals surface area (Å²) in [7, 11) is 3.24. The molecule has 29 heavy (non-hydrogen) atoms. The molecule has 0 atom stereocenters.